The Morgan fingerprint density at radius 2 is 2.00 bits per heavy atom. The third-order valence-electron chi connectivity index (χ3n) is 3.45. The van der Waals surface area contributed by atoms with Crippen LogP contribution in [0.3, 0.4) is 0 Å². The Labute approximate surface area is 141 Å². The average Bonchev–Trinajstić information content (AvgIpc) is 2.93. The quantitative estimate of drug-likeness (QED) is 0.792. The highest BCUT2D eigenvalue weighted by Gasteiger charge is 2.07. The van der Waals surface area contributed by atoms with Crippen LogP contribution < -0.4 is 20.1 Å². The lowest BCUT2D eigenvalue weighted by Gasteiger charge is -2.13. The van der Waals surface area contributed by atoms with Gasteiger partial charge in [-0.1, -0.05) is 0 Å². The molecule has 2 rings (SSSR count). The first-order chi connectivity index (χ1) is 11.1. The van der Waals surface area contributed by atoms with E-state index in [2.05, 4.69) is 22.7 Å². The molecule has 0 aliphatic rings. The molecule has 7 heteroatoms. The number of aromatic nitrogens is 2. The van der Waals surface area contributed by atoms with Crippen LogP contribution in [-0.4, -0.2) is 29.1 Å². The molecular formula is C16H22N4O2S. The predicted molar refractivity (Wildman–Crippen MR) is 95.2 cm³/mol. The van der Waals surface area contributed by atoms with Gasteiger partial charge in [-0.15, -0.1) is 0 Å². The molecule has 124 valence electrons. The van der Waals surface area contributed by atoms with Crippen LogP contribution in [0, 0.1) is 6.92 Å². The number of hydrogen-bond donors (Lipinski definition) is 2. The zero-order valence-electron chi connectivity index (χ0n) is 13.8. The molecule has 0 bridgehead atoms. The minimum atomic E-state index is 0.542. The number of nitrogens with zero attached hydrogens (tertiary/aromatic N) is 2. The molecule has 6 nitrogen and oxygen atoms in total. The van der Waals surface area contributed by atoms with Gasteiger partial charge in [-0.25, -0.2) is 0 Å². The van der Waals surface area contributed by atoms with Crippen molar-refractivity contribution in [3.63, 3.8) is 0 Å². The summed E-state index contributed by atoms with van der Waals surface area (Å²) in [6.45, 7) is 5.54. The lowest BCUT2D eigenvalue weighted by Crippen LogP contribution is -2.28. The third kappa shape index (κ3) is 4.35. The van der Waals surface area contributed by atoms with Crippen LogP contribution in [0.5, 0.6) is 11.5 Å². The van der Waals surface area contributed by atoms with Crippen LogP contribution in [0.25, 0.3) is 0 Å². The van der Waals surface area contributed by atoms with Crippen molar-refractivity contribution in [2.75, 3.05) is 19.5 Å². The number of methoxy groups -OCH3 is 2. The van der Waals surface area contributed by atoms with Gasteiger partial charge < -0.3 is 20.1 Å². The van der Waals surface area contributed by atoms with Gasteiger partial charge in [0, 0.05) is 36.6 Å². The Bertz CT molecular complexity index is 685. The number of anilines is 1. The topological polar surface area (TPSA) is 60.3 Å². The van der Waals surface area contributed by atoms with E-state index in [4.69, 9.17) is 21.7 Å². The number of rotatable bonds is 6. The van der Waals surface area contributed by atoms with E-state index >= 15 is 0 Å². The first kappa shape index (κ1) is 17.1. The molecule has 2 aromatic rings. The minimum absolute atomic E-state index is 0.542. The molecule has 0 spiro atoms. The molecular weight excluding hydrogens is 312 g/mol. The van der Waals surface area contributed by atoms with Crippen molar-refractivity contribution in [1.82, 2.24) is 15.1 Å². The van der Waals surface area contributed by atoms with Crippen LogP contribution in [0.4, 0.5) is 5.69 Å². The molecule has 1 heterocycles. The van der Waals surface area contributed by atoms with Crippen molar-refractivity contribution in [3.05, 3.63) is 35.7 Å². The summed E-state index contributed by atoms with van der Waals surface area (Å²) in [6.07, 6.45) is 2.03. The molecule has 0 saturated carbocycles. The van der Waals surface area contributed by atoms with Crippen molar-refractivity contribution in [1.29, 1.82) is 0 Å². The second-order valence-electron chi connectivity index (χ2n) is 4.97. The van der Waals surface area contributed by atoms with E-state index in [1.165, 1.54) is 0 Å². The van der Waals surface area contributed by atoms with Crippen LogP contribution in [0.15, 0.2) is 24.4 Å². The summed E-state index contributed by atoms with van der Waals surface area (Å²) in [5.74, 6) is 1.33. The fourth-order valence-corrected chi connectivity index (χ4v) is 2.35. The normalized spacial score (nSPS) is 10.3. The van der Waals surface area contributed by atoms with Crippen molar-refractivity contribution >= 4 is 23.0 Å². The summed E-state index contributed by atoms with van der Waals surface area (Å²) in [4.78, 5) is 0. The Balaban J connectivity index is 1.95. The van der Waals surface area contributed by atoms with E-state index < -0.39 is 0 Å². The maximum absolute atomic E-state index is 5.33. The van der Waals surface area contributed by atoms with Crippen molar-refractivity contribution < 1.29 is 9.47 Å². The van der Waals surface area contributed by atoms with Crippen LogP contribution in [-0.2, 0) is 13.1 Å². The Morgan fingerprint density at radius 3 is 2.61 bits per heavy atom. The molecule has 0 aliphatic heterocycles. The van der Waals surface area contributed by atoms with Gasteiger partial charge >= 0.3 is 0 Å². The smallest absolute Gasteiger partial charge is 0.171 e. The molecule has 0 unspecified atom stereocenters. The van der Waals surface area contributed by atoms with E-state index in [0.717, 1.165) is 23.5 Å². The second kappa shape index (κ2) is 7.82. The van der Waals surface area contributed by atoms with Gasteiger partial charge in [0.15, 0.2) is 16.6 Å². The molecule has 1 aromatic carbocycles. The lowest BCUT2D eigenvalue weighted by atomic mass is 10.2. The molecule has 0 aliphatic carbocycles. The van der Waals surface area contributed by atoms with E-state index in [9.17, 15) is 0 Å². The van der Waals surface area contributed by atoms with Gasteiger partial charge in [-0.05, 0) is 38.2 Å². The molecule has 0 fully saturated rings. The van der Waals surface area contributed by atoms with Crippen LogP contribution >= 0.6 is 12.2 Å². The zero-order chi connectivity index (χ0) is 16.8. The lowest BCUT2D eigenvalue weighted by molar-refractivity contribution is 0.355. The molecule has 23 heavy (non-hydrogen) atoms. The van der Waals surface area contributed by atoms with Gasteiger partial charge in [-0.3, -0.25) is 4.68 Å². The number of benzene rings is 1. The minimum Gasteiger partial charge on any atom is -0.493 e. The monoisotopic (exact) mass is 334 g/mol. The molecule has 1 aromatic heterocycles. The summed E-state index contributed by atoms with van der Waals surface area (Å²) in [6, 6.07) is 5.56. The summed E-state index contributed by atoms with van der Waals surface area (Å²) < 4.78 is 12.4. The van der Waals surface area contributed by atoms with E-state index in [0.29, 0.717) is 23.2 Å². The zero-order valence-corrected chi connectivity index (χ0v) is 14.7. The van der Waals surface area contributed by atoms with Gasteiger partial charge in [0.1, 0.15) is 0 Å². The van der Waals surface area contributed by atoms with Crippen molar-refractivity contribution in [3.8, 4) is 11.5 Å². The van der Waals surface area contributed by atoms with E-state index in [-0.39, 0.29) is 0 Å². The average molecular weight is 334 g/mol. The fraction of sp³-hybridized carbons (Fsp3) is 0.375. The molecule has 0 atom stereocenters. The Hall–Kier alpha value is -2.28. The highest BCUT2D eigenvalue weighted by atomic mass is 32.1. The molecule has 2 N–H and O–H groups in total. The molecule has 0 saturated heterocycles. The van der Waals surface area contributed by atoms with Crippen molar-refractivity contribution in [2.24, 2.45) is 0 Å². The van der Waals surface area contributed by atoms with Gasteiger partial charge in [-0.2, -0.15) is 5.10 Å². The number of ether oxygens (including phenoxy) is 2. The first-order valence-electron chi connectivity index (χ1n) is 7.37. The maximum Gasteiger partial charge on any atom is 0.171 e. The van der Waals surface area contributed by atoms with Gasteiger partial charge in [0.2, 0.25) is 0 Å². The molecule has 0 radical (unpaired) electrons. The summed E-state index contributed by atoms with van der Waals surface area (Å²) in [7, 11) is 3.21. The number of thiocarbonyl (C=S) groups is 1. The van der Waals surface area contributed by atoms with Crippen LogP contribution in [0.1, 0.15) is 18.2 Å². The maximum atomic E-state index is 5.33. The third-order valence-corrected chi connectivity index (χ3v) is 3.70. The van der Waals surface area contributed by atoms with Gasteiger partial charge in [0.05, 0.1) is 19.9 Å². The van der Waals surface area contributed by atoms with E-state index in [1.807, 2.05) is 36.0 Å². The predicted octanol–water partition coefficient (Wildman–Crippen LogP) is 2.72. The van der Waals surface area contributed by atoms with E-state index in [1.54, 1.807) is 14.2 Å². The fourth-order valence-electron chi connectivity index (χ4n) is 2.16. The standard InChI is InChI=1S/C16H22N4O2S/c1-5-20-10-12(11(2)19-20)9-17-16(23)18-13-6-7-14(21-3)15(8-13)22-4/h6-8,10H,5,9H2,1-4H3,(H2,17,18,23). The second-order valence-corrected chi connectivity index (χ2v) is 5.38. The van der Waals surface area contributed by atoms with Gasteiger partial charge in [0.25, 0.3) is 0 Å². The Morgan fingerprint density at radius 1 is 1.26 bits per heavy atom. The highest BCUT2D eigenvalue weighted by molar-refractivity contribution is 7.80. The summed E-state index contributed by atoms with van der Waals surface area (Å²) >= 11 is 5.33. The first-order valence-corrected chi connectivity index (χ1v) is 7.78. The number of hydrogen-bond acceptors (Lipinski definition) is 4. The summed E-state index contributed by atoms with van der Waals surface area (Å²) in [5.41, 5.74) is 2.97. The molecule has 0 amide bonds. The Kier molecular flexibility index (Phi) is 5.81. The number of nitrogens with one attached hydrogen (secondary N) is 2. The SMILES string of the molecule is CCn1cc(CNC(=S)Nc2ccc(OC)c(OC)c2)c(C)n1. The van der Waals surface area contributed by atoms with Crippen LogP contribution in [0.2, 0.25) is 0 Å². The summed E-state index contributed by atoms with van der Waals surface area (Å²) in [5, 5.41) is 11.3. The largest absolute Gasteiger partial charge is 0.493 e. The number of aryl methyl sites for hydroxylation is 2. The highest BCUT2D eigenvalue weighted by Crippen LogP contribution is 2.29. The van der Waals surface area contributed by atoms with Crippen molar-refractivity contribution in [2.45, 2.75) is 26.9 Å².